The number of likely N-dealkylation sites (N-methyl/N-ethyl adjacent to an activating group) is 1. The highest BCUT2D eigenvalue weighted by molar-refractivity contribution is 6.04. The molecule has 0 radical (unpaired) electrons. The van der Waals surface area contributed by atoms with E-state index in [1.165, 1.54) is 6.42 Å². The van der Waals surface area contributed by atoms with Crippen LogP contribution in [0.2, 0.25) is 0 Å². The molecule has 0 aromatic carbocycles. The average Bonchev–Trinajstić information content (AvgIpc) is 3.27. The molecule has 0 aromatic rings. The minimum Gasteiger partial charge on any atom is -0.480 e. The van der Waals surface area contributed by atoms with Gasteiger partial charge in [-0.3, -0.25) is 19.3 Å². The predicted molar refractivity (Wildman–Crippen MR) is 125 cm³/mol. The lowest BCUT2D eigenvalue weighted by Gasteiger charge is -2.49. The van der Waals surface area contributed by atoms with E-state index in [1.54, 1.807) is 25.1 Å². The zero-order valence-corrected chi connectivity index (χ0v) is 19.7. The highest BCUT2D eigenvalue weighted by Crippen LogP contribution is 2.42. The number of nitrogens with zero attached hydrogens (tertiary/aromatic N) is 3. The van der Waals surface area contributed by atoms with Crippen LogP contribution in [0, 0.1) is 11.8 Å². The summed E-state index contributed by atoms with van der Waals surface area (Å²) in [5, 5.41) is 12.5. The minimum atomic E-state index is -0.960. The molecule has 2 heterocycles. The Labute approximate surface area is 195 Å². The van der Waals surface area contributed by atoms with Crippen LogP contribution in [-0.4, -0.2) is 76.9 Å². The van der Waals surface area contributed by atoms with Crippen LogP contribution >= 0.6 is 0 Å². The third-order valence-electron chi connectivity index (χ3n) is 7.21. The Morgan fingerprint density at radius 1 is 1.21 bits per heavy atom. The van der Waals surface area contributed by atoms with Crippen LogP contribution in [0.4, 0.5) is 0 Å². The molecule has 2 amide bonds. The molecule has 1 saturated heterocycles. The van der Waals surface area contributed by atoms with Gasteiger partial charge in [-0.1, -0.05) is 32.1 Å². The second-order valence-corrected chi connectivity index (χ2v) is 9.53. The molecule has 3 rings (SSSR count). The van der Waals surface area contributed by atoms with Crippen molar-refractivity contribution in [3.8, 4) is 0 Å². The third kappa shape index (κ3) is 5.92. The zero-order valence-electron chi connectivity index (χ0n) is 19.7. The van der Waals surface area contributed by atoms with E-state index in [9.17, 15) is 19.5 Å². The topological polar surface area (TPSA) is 154 Å². The summed E-state index contributed by atoms with van der Waals surface area (Å²) in [5.41, 5.74) is 12.5. The lowest BCUT2D eigenvalue weighted by molar-refractivity contribution is -0.141. The van der Waals surface area contributed by atoms with E-state index in [2.05, 4.69) is 15.2 Å². The maximum atomic E-state index is 12.6. The maximum absolute atomic E-state index is 12.6. The molecule has 1 aliphatic carbocycles. The zero-order chi connectivity index (χ0) is 24.1. The fraction of sp³-hybridized carbons (Fsp3) is 0.739. The van der Waals surface area contributed by atoms with Crippen molar-refractivity contribution in [2.45, 2.75) is 76.5 Å². The fourth-order valence-electron chi connectivity index (χ4n) is 5.66. The van der Waals surface area contributed by atoms with Gasteiger partial charge in [-0.25, -0.2) is 0 Å². The molecule has 10 nitrogen and oxygen atoms in total. The first-order valence-corrected chi connectivity index (χ1v) is 12.0. The molecule has 4 atom stereocenters. The molecule has 184 valence electrons. The molecule has 2 aliphatic heterocycles. The molecule has 0 bridgehead atoms. The predicted octanol–water partition coefficient (Wildman–Crippen LogP) is 0.625. The van der Waals surface area contributed by atoms with Crippen LogP contribution in [0.5, 0.6) is 0 Å². The summed E-state index contributed by atoms with van der Waals surface area (Å²) >= 11 is 0. The van der Waals surface area contributed by atoms with Crippen molar-refractivity contribution in [2.75, 3.05) is 20.1 Å². The molecule has 6 N–H and O–H groups in total. The van der Waals surface area contributed by atoms with E-state index in [1.807, 2.05) is 0 Å². The second kappa shape index (κ2) is 11.1. The Bertz CT molecular complexity index is 805. The van der Waals surface area contributed by atoms with E-state index < -0.39 is 17.9 Å². The number of hydrogen-bond acceptors (Lipinski definition) is 6. The molecule has 3 aliphatic rings. The van der Waals surface area contributed by atoms with Crippen molar-refractivity contribution >= 4 is 23.6 Å². The summed E-state index contributed by atoms with van der Waals surface area (Å²) < 4.78 is 0. The lowest BCUT2D eigenvalue weighted by Crippen LogP contribution is -2.59. The molecule has 2 unspecified atom stereocenters. The summed E-state index contributed by atoms with van der Waals surface area (Å²) in [6.07, 6.45) is 9.31. The van der Waals surface area contributed by atoms with Gasteiger partial charge in [0, 0.05) is 25.4 Å². The van der Waals surface area contributed by atoms with Crippen molar-refractivity contribution < 1.29 is 19.5 Å². The van der Waals surface area contributed by atoms with Crippen molar-refractivity contribution in [1.29, 1.82) is 0 Å². The summed E-state index contributed by atoms with van der Waals surface area (Å²) in [5.74, 6) is -0.952. The van der Waals surface area contributed by atoms with Crippen LogP contribution in [0.25, 0.3) is 0 Å². The molecule has 10 heteroatoms. The van der Waals surface area contributed by atoms with Gasteiger partial charge in [0.05, 0.1) is 18.2 Å². The number of carbonyl (C=O) groups excluding carboxylic acids is 2. The number of carbonyl (C=O) groups is 3. The molecule has 33 heavy (non-hydrogen) atoms. The number of likely N-dealkylation sites (tertiary alicyclic amines) is 1. The van der Waals surface area contributed by atoms with Gasteiger partial charge in [-0.05, 0) is 38.0 Å². The molecule has 2 fully saturated rings. The van der Waals surface area contributed by atoms with Gasteiger partial charge in [-0.2, -0.15) is 4.99 Å². The van der Waals surface area contributed by atoms with Gasteiger partial charge in [0.15, 0.2) is 0 Å². The number of nitrogens with one attached hydrogen (secondary N) is 1. The second-order valence-electron chi connectivity index (χ2n) is 9.53. The van der Waals surface area contributed by atoms with Gasteiger partial charge in [-0.15, -0.1) is 0 Å². The van der Waals surface area contributed by atoms with Gasteiger partial charge < -0.3 is 26.8 Å². The fourth-order valence-corrected chi connectivity index (χ4v) is 5.66. The number of carboxylic acids is 1. The largest absolute Gasteiger partial charge is 0.480 e. The first-order chi connectivity index (χ1) is 15.7. The van der Waals surface area contributed by atoms with Crippen molar-refractivity contribution in [2.24, 2.45) is 28.3 Å². The van der Waals surface area contributed by atoms with Crippen molar-refractivity contribution in [1.82, 2.24) is 15.1 Å². The molecular formula is C23H38N6O4. The van der Waals surface area contributed by atoms with Crippen LogP contribution in [0.15, 0.2) is 16.8 Å². The summed E-state index contributed by atoms with van der Waals surface area (Å²) in [7, 11) is 1.64. The highest BCUT2D eigenvalue weighted by Gasteiger charge is 2.46. The smallest absolute Gasteiger partial charge is 0.323 e. The van der Waals surface area contributed by atoms with E-state index in [4.69, 9.17) is 11.5 Å². The highest BCUT2D eigenvalue weighted by atomic mass is 16.4. The molecule has 0 spiro atoms. The Balaban J connectivity index is 2.02. The quantitative estimate of drug-likeness (QED) is 0.317. The van der Waals surface area contributed by atoms with E-state index >= 15 is 0 Å². The van der Waals surface area contributed by atoms with Crippen LogP contribution in [-0.2, 0) is 14.4 Å². The number of hydrogen-bond donors (Lipinski definition) is 4. The van der Waals surface area contributed by atoms with Crippen molar-refractivity contribution in [3.05, 3.63) is 11.8 Å². The SMILES string of the molecule is CNC(=O)[C@@H]1CCCN1C1C(C2CCCCC2)CC(C(N)=NC(=O)[C@H](C)N)=CN1CC(=O)O. The number of amides is 2. The summed E-state index contributed by atoms with van der Waals surface area (Å²) in [6, 6.07) is -1.05. The van der Waals surface area contributed by atoms with Gasteiger partial charge in [0.1, 0.15) is 12.4 Å². The van der Waals surface area contributed by atoms with Crippen LogP contribution < -0.4 is 16.8 Å². The number of nitrogens with two attached hydrogens (primary N) is 2. The van der Waals surface area contributed by atoms with Gasteiger partial charge in [0.25, 0.3) is 5.91 Å². The lowest BCUT2D eigenvalue weighted by atomic mass is 9.73. The van der Waals surface area contributed by atoms with Crippen LogP contribution in [0.1, 0.15) is 58.3 Å². The standard InChI is InChI=1S/C23H38N6O4/c1-14(24)21(32)27-20(25)16-11-17(15-7-4-3-5-8-15)23(28(12-16)13-19(30)31)29-10-6-9-18(29)22(33)26-2/h12,14-15,17-18,23H,3-11,13,24H2,1-2H3,(H,26,33)(H,30,31)(H2,25,27,32)/t14-,17?,18-,23?/m0/s1. The van der Waals surface area contributed by atoms with Crippen LogP contribution in [0.3, 0.4) is 0 Å². The van der Waals surface area contributed by atoms with Gasteiger partial charge >= 0.3 is 5.97 Å². The maximum Gasteiger partial charge on any atom is 0.323 e. The first-order valence-electron chi connectivity index (χ1n) is 12.0. The third-order valence-corrected chi connectivity index (χ3v) is 7.21. The Kier molecular flexibility index (Phi) is 8.47. The number of aliphatic carboxylic acids is 1. The number of amidine groups is 1. The monoisotopic (exact) mass is 462 g/mol. The summed E-state index contributed by atoms with van der Waals surface area (Å²) in [6.45, 7) is 2.07. The normalized spacial score (nSPS) is 28.3. The van der Waals surface area contributed by atoms with E-state index in [-0.39, 0.29) is 36.4 Å². The first kappa shape index (κ1) is 25.2. The molecule has 0 aromatic heterocycles. The van der Waals surface area contributed by atoms with E-state index in [0.29, 0.717) is 17.9 Å². The number of aliphatic imine (C=N–C) groups is 1. The number of rotatable bonds is 7. The van der Waals surface area contributed by atoms with E-state index in [0.717, 1.165) is 45.1 Å². The Morgan fingerprint density at radius 3 is 2.52 bits per heavy atom. The molecule has 1 saturated carbocycles. The number of carboxylic acid groups (broad SMARTS) is 1. The Morgan fingerprint density at radius 2 is 1.91 bits per heavy atom. The molecular weight excluding hydrogens is 424 g/mol. The minimum absolute atomic E-state index is 0.0384. The van der Waals surface area contributed by atoms with Crippen molar-refractivity contribution in [3.63, 3.8) is 0 Å². The Hall–Kier alpha value is -2.46. The average molecular weight is 463 g/mol. The summed E-state index contributed by atoms with van der Waals surface area (Å²) in [4.78, 5) is 44.5. The van der Waals surface area contributed by atoms with Gasteiger partial charge in [0.2, 0.25) is 5.91 Å².